The lowest BCUT2D eigenvalue weighted by Crippen LogP contribution is -2.31. The zero-order chi connectivity index (χ0) is 19.9. The number of hydrogen-bond acceptors (Lipinski definition) is 3. The molecule has 0 fully saturated rings. The van der Waals surface area contributed by atoms with Crippen molar-refractivity contribution in [1.82, 2.24) is 9.78 Å². The molecule has 3 aromatic rings. The normalized spacial score (nSPS) is 15.8. The van der Waals surface area contributed by atoms with Crippen LogP contribution in [0.25, 0.3) is 5.69 Å². The average molecular weight is 391 g/mol. The third kappa shape index (κ3) is 3.42. The predicted molar refractivity (Wildman–Crippen MR) is 91.7 cm³/mol. The molecule has 1 atom stereocenters. The van der Waals surface area contributed by atoms with Crippen LogP contribution >= 0.6 is 0 Å². The molecule has 1 aromatic heterocycles. The second kappa shape index (κ2) is 6.66. The molecule has 4 rings (SSSR count). The standard InChI is InChI=1S/C19H13F4N3O2/c20-15-6-1-3-11-7-16(28-17(11)15)18(27)25-13-9-24-26(10-13)14-5-2-4-12(8-14)19(21,22)23/h1-6,8-10,16H,7H2,(H,25,27)/t16-/m1/s1. The molecule has 0 bridgehead atoms. The molecule has 144 valence electrons. The highest BCUT2D eigenvalue weighted by atomic mass is 19.4. The fourth-order valence-corrected chi connectivity index (χ4v) is 2.95. The number of anilines is 1. The lowest BCUT2D eigenvalue weighted by atomic mass is 10.1. The molecule has 0 spiro atoms. The maximum Gasteiger partial charge on any atom is 0.416 e. The minimum absolute atomic E-state index is 0.0577. The zero-order valence-electron chi connectivity index (χ0n) is 14.2. The second-order valence-corrected chi connectivity index (χ2v) is 6.25. The van der Waals surface area contributed by atoms with Gasteiger partial charge in [-0.3, -0.25) is 4.79 Å². The highest BCUT2D eigenvalue weighted by Crippen LogP contribution is 2.32. The SMILES string of the molecule is O=C(Nc1cnn(-c2cccc(C(F)(F)F)c2)c1)[C@H]1Cc2cccc(F)c2O1. The monoisotopic (exact) mass is 391 g/mol. The van der Waals surface area contributed by atoms with Crippen LogP contribution in [0, 0.1) is 5.82 Å². The van der Waals surface area contributed by atoms with Crippen LogP contribution in [0.15, 0.2) is 54.9 Å². The molecule has 0 saturated carbocycles. The summed E-state index contributed by atoms with van der Waals surface area (Å²) >= 11 is 0. The highest BCUT2D eigenvalue weighted by Gasteiger charge is 2.32. The predicted octanol–water partition coefficient (Wildman–Crippen LogP) is 3.97. The second-order valence-electron chi connectivity index (χ2n) is 6.25. The van der Waals surface area contributed by atoms with E-state index >= 15 is 0 Å². The third-order valence-electron chi connectivity index (χ3n) is 4.29. The number of amides is 1. The van der Waals surface area contributed by atoms with Crippen molar-refractivity contribution >= 4 is 11.6 Å². The zero-order valence-corrected chi connectivity index (χ0v) is 14.2. The first-order valence-electron chi connectivity index (χ1n) is 8.28. The summed E-state index contributed by atoms with van der Waals surface area (Å²) in [5, 5.41) is 6.56. The van der Waals surface area contributed by atoms with Gasteiger partial charge in [-0.1, -0.05) is 18.2 Å². The molecule has 2 aromatic carbocycles. The van der Waals surface area contributed by atoms with Crippen molar-refractivity contribution in [2.75, 3.05) is 5.32 Å². The van der Waals surface area contributed by atoms with Gasteiger partial charge in [-0.05, 0) is 24.3 Å². The molecule has 1 aliphatic rings. The van der Waals surface area contributed by atoms with Gasteiger partial charge in [-0.15, -0.1) is 0 Å². The largest absolute Gasteiger partial charge is 0.477 e. The molecule has 0 unspecified atom stereocenters. The lowest BCUT2D eigenvalue weighted by molar-refractivity contribution is -0.137. The molecule has 0 radical (unpaired) electrons. The number of ether oxygens (including phenoxy) is 1. The number of alkyl halides is 3. The van der Waals surface area contributed by atoms with Gasteiger partial charge in [0.1, 0.15) is 0 Å². The number of carbonyl (C=O) groups excluding carboxylic acids is 1. The Labute approximate surface area is 156 Å². The Kier molecular flexibility index (Phi) is 4.29. The number of halogens is 4. The first-order chi connectivity index (χ1) is 13.3. The number of aromatic nitrogens is 2. The van der Waals surface area contributed by atoms with Crippen LogP contribution in [0.2, 0.25) is 0 Å². The quantitative estimate of drug-likeness (QED) is 0.688. The fraction of sp³-hybridized carbons (Fsp3) is 0.158. The van der Waals surface area contributed by atoms with E-state index in [1.807, 2.05) is 0 Å². The van der Waals surface area contributed by atoms with Gasteiger partial charge in [0.05, 0.1) is 29.3 Å². The van der Waals surface area contributed by atoms with Gasteiger partial charge in [0, 0.05) is 12.0 Å². The Bertz CT molecular complexity index is 1050. The summed E-state index contributed by atoms with van der Waals surface area (Å²) in [4.78, 5) is 12.4. The van der Waals surface area contributed by atoms with Gasteiger partial charge in [0.25, 0.3) is 5.91 Å². The van der Waals surface area contributed by atoms with E-state index < -0.39 is 29.6 Å². The van der Waals surface area contributed by atoms with E-state index in [9.17, 15) is 22.4 Å². The molecule has 1 N–H and O–H groups in total. The third-order valence-corrected chi connectivity index (χ3v) is 4.29. The van der Waals surface area contributed by atoms with Gasteiger partial charge in [0.2, 0.25) is 0 Å². The van der Waals surface area contributed by atoms with Crippen LogP contribution in [0.1, 0.15) is 11.1 Å². The highest BCUT2D eigenvalue weighted by molar-refractivity contribution is 5.95. The Morgan fingerprint density at radius 3 is 2.75 bits per heavy atom. The lowest BCUT2D eigenvalue weighted by Gasteiger charge is -2.10. The first-order valence-corrected chi connectivity index (χ1v) is 8.28. The fourth-order valence-electron chi connectivity index (χ4n) is 2.95. The van der Waals surface area contributed by atoms with Crippen molar-refractivity contribution in [2.45, 2.75) is 18.7 Å². The van der Waals surface area contributed by atoms with Crippen LogP contribution in [0.5, 0.6) is 5.75 Å². The summed E-state index contributed by atoms with van der Waals surface area (Å²) in [6, 6.07) is 9.12. The summed E-state index contributed by atoms with van der Waals surface area (Å²) in [6.07, 6.45) is -2.45. The Hall–Kier alpha value is -3.36. The van der Waals surface area contributed by atoms with E-state index in [0.29, 0.717) is 5.56 Å². The summed E-state index contributed by atoms with van der Waals surface area (Å²) in [5.74, 6) is -0.980. The minimum atomic E-state index is -4.47. The molecule has 0 aliphatic carbocycles. The van der Waals surface area contributed by atoms with Gasteiger partial charge in [0.15, 0.2) is 17.7 Å². The number of para-hydroxylation sites is 1. The molecular formula is C19H13F4N3O2. The maximum atomic E-state index is 13.7. The average Bonchev–Trinajstić information content (AvgIpc) is 3.29. The molecule has 5 nitrogen and oxygen atoms in total. The summed E-state index contributed by atoms with van der Waals surface area (Å²) in [7, 11) is 0. The number of benzene rings is 2. The van der Waals surface area contributed by atoms with Crippen molar-refractivity contribution in [3.8, 4) is 11.4 Å². The molecule has 9 heteroatoms. The number of hydrogen-bond donors (Lipinski definition) is 1. The Balaban J connectivity index is 1.47. The minimum Gasteiger partial charge on any atom is -0.477 e. The first kappa shape index (κ1) is 18.0. The van der Waals surface area contributed by atoms with E-state index in [1.54, 1.807) is 6.07 Å². The van der Waals surface area contributed by atoms with Crippen LogP contribution in [-0.2, 0) is 17.4 Å². The summed E-state index contributed by atoms with van der Waals surface area (Å²) in [5.41, 5.74) is 0.273. The van der Waals surface area contributed by atoms with Gasteiger partial charge >= 0.3 is 6.18 Å². The van der Waals surface area contributed by atoms with Crippen LogP contribution in [-0.4, -0.2) is 21.8 Å². The van der Waals surface area contributed by atoms with Gasteiger partial charge in [-0.2, -0.15) is 18.3 Å². The molecule has 28 heavy (non-hydrogen) atoms. The van der Waals surface area contributed by atoms with Crippen molar-refractivity contribution in [1.29, 1.82) is 0 Å². The number of carbonyl (C=O) groups is 1. The summed E-state index contributed by atoms with van der Waals surface area (Å²) < 4.78 is 58.8. The van der Waals surface area contributed by atoms with Crippen molar-refractivity contribution in [2.24, 2.45) is 0 Å². The van der Waals surface area contributed by atoms with E-state index in [-0.39, 0.29) is 23.5 Å². The number of nitrogens with zero attached hydrogens (tertiary/aromatic N) is 2. The summed E-state index contributed by atoms with van der Waals surface area (Å²) in [6.45, 7) is 0. The van der Waals surface area contributed by atoms with E-state index in [1.165, 1.54) is 41.3 Å². The smallest absolute Gasteiger partial charge is 0.416 e. The van der Waals surface area contributed by atoms with Crippen LogP contribution in [0.4, 0.5) is 23.2 Å². The number of nitrogens with one attached hydrogen (secondary N) is 1. The Morgan fingerprint density at radius 2 is 2.00 bits per heavy atom. The van der Waals surface area contributed by atoms with Crippen molar-refractivity contribution in [3.05, 3.63) is 71.8 Å². The van der Waals surface area contributed by atoms with Gasteiger partial charge < -0.3 is 10.1 Å². The van der Waals surface area contributed by atoms with Crippen LogP contribution < -0.4 is 10.1 Å². The van der Waals surface area contributed by atoms with E-state index in [2.05, 4.69) is 10.4 Å². The molecule has 1 amide bonds. The topological polar surface area (TPSA) is 56.2 Å². The van der Waals surface area contributed by atoms with Crippen LogP contribution in [0.3, 0.4) is 0 Å². The maximum absolute atomic E-state index is 13.7. The number of fused-ring (bicyclic) bond motifs is 1. The molecule has 0 saturated heterocycles. The molecule has 2 heterocycles. The van der Waals surface area contributed by atoms with E-state index in [4.69, 9.17) is 4.74 Å². The van der Waals surface area contributed by atoms with E-state index in [0.717, 1.165) is 12.1 Å². The molecule has 1 aliphatic heterocycles. The number of rotatable bonds is 3. The van der Waals surface area contributed by atoms with Gasteiger partial charge in [-0.25, -0.2) is 9.07 Å². The van der Waals surface area contributed by atoms with Crippen molar-refractivity contribution in [3.63, 3.8) is 0 Å². The Morgan fingerprint density at radius 1 is 1.21 bits per heavy atom. The van der Waals surface area contributed by atoms with Crippen molar-refractivity contribution < 1.29 is 27.1 Å². The molecular weight excluding hydrogens is 378 g/mol.